The van der Waals surface area contributed by atoms with E-state index in [9.17, 15) is 9.18 Å². The molecule has 156 valence electrons. The number of carbonyl (C=O) groups excluding carboxylic acids is 1. The molecule has 2 aromatic carbocycles. The summed E-state index contributed by atoms with van der Waals surface area (Å²) in [5.41, 5.74) is 3.14. The van der Waals surface area contributed by atoms with E-state index >= 15 is 0 Å². The van der Waals surface area contributed by atoms with Crippen LogP contribution in [0.3, 0.4) is 0 Å². The lowest BCUT2D eigenvalue weighted by Gasteiger charge is -2.35. The van der Waals surface area contributed by atoms with Crippen LogP contribution >= 0.6 is 0 Å². The predicted molar refractivity (Wildman–Crippen MR) is 114 cm³/mol. The Morgan fingerprint density at radius 2 is 1.93 bits per heavy atom. The van der Waals surface area contributed by atoms with E-state index in [0.717, 1.165) is 32.2 Å². The van der Waals surface area contributed by atoms with Gasteiger partial charge in [0.2, 0.25) is 5.91 Å². The standard InChI is InChI=1S/C25H27FN2O2/c1-2-15-28(20-12-11-18-7-3-4-8-19(18)16-20)25(29)14-13-24-27-17-23(30-24)21-9-5-6-10-22(21)26/h3-10,17,20H,2,11-16H2,1H3. The van der Waals surface area contributed by atoms with E-state index in [0.29, 0.717) is 30.1 Å². The Bertz CT molecular complexity index is 1010. The first kappa shape index (κ1) is 20.3. The van der Waals surface area contributed by atoms with Crippen LogP contribution in [0.4, 0.5) is 4.39 Å². The highest BCUT2D eigenvalue weighted by Gasteiger charge is 2.27. The van der Waals surface area contributed by atoms with Crippen molar-refractivity contribution in [3.05, 3.63) is 77.6 Å². The van der Waals surface area contributed by atoms with Crippen LogP contribution in [0.5, 0.6) is 0 Å². The molecule has 0 saturated carbocycles. The van der Waals surface area contributed by atoms with Crippen LogP contribution in [0, 0.1) is 5.82 Å². The molecule has 0 aliphatic heterocycles. The number of carbonyl (C=O) groups is 1. The predicted octanol–water partition coefficient (Wildman–Crippen LogP) is 5.21. The van der Waals surface area contributed by atoms with Crippen LogP contribution < -0.4 is 0 Å². The lowest BCUT2D eigenvalue weighted by molar-refractivity contribution is -0.133. The summed E-state index contributed by atoms with van der Waals surface area (Å²) in [5.74, 6) is 0.645. The van der Waals surface area contributed by atoms with Crippen LogP contribution in [0.15, 0.2) is 59.1 Å². The molecule has 0 fully saturated rings. The van der Waals surface area contributed by atoms with Gasteiger partial charge >= 0.3 is 0 Å². The summed E-state index contributed by atoms with van der Waals surface area (Å²) in [4.78, 5) is 19.3. The second-order valence-electron chi connectivity index (χ2n) is 7.85. The Kier molecular flexibility index (Phi) is 6.26. The van der Waals surface area contributed by atoms with Gasteiger partial charge in [-0.1, -0.05) is 43.3 Å². The molecular formula is C25H27FN2O2. The Morgan fingerprint density at radius 1 is 1.17 bits per heavy atom. The monoisotopic (exact) mass is 406 g/mol. The van der Waals surface area contributed by atoms with Gasteiger partial charge in [-0.2, -0.15) is 0 Å². The zero-order chi connectivity index (χ0) is 20.9. The van der Waals surface area contributed by atoms with Gasteiger partial charge in [0.25, 0.3) is 0 Å². The summed E-state index contributed by atoms with van der Waals surface area (Å²) >= 11 is 0. The summed E-state index contributed by atoms with van der Waals surface area (Å²) in [6.45, 7) is 2.86. The maximum atomic E-state index is 14.0. The summed E-state index contributed by atoms with van der Waals surface area (Å²) in [6, 6.07) is 15.2. The van der Waals surface area contributed by atoms with Gasteiger partial charge in [-0.25, -0.2) is 9.37 Å². The van der Waals surface area contributed by atoms with Gasteiger partial charge in [0.15, 0.2) is 11.7 Å². The maximum absolute atomic E-state index is 14.0. The number of aromatic nitrogens is 1. The first-order chi connectivity index (χ1) is 14.7. The van der Waals surface area contributed by atoms with Crippen LogP contribution in [0.2, 0.25) is 0 Å². The molecule has 1 aromatic heterocycles. The van der Waals surface area contributed by atoms with Crippen molar-refractivity contribution >= 4 is 5.91 Å². The highest BCUT2D eigenvalue weighted by molar-refractivity contribution is 5.76. The topological polar surface area (TPSA) is 46.3 Å². The second kappa shape index (κ2) is 9.24. The highest BCUT2D eigenvalue weighted by Crippen LogP contribution is 2.26. The average Bonchev–Trinajstić information content (AvgIpc) is 3.24. The Balaban J connectivity index is 1.40. The number of fused-ring (bicyclic) bond motifs is 1. The van der Waals surface area contributed by atoms with Crippen LogP contribution in [0.25, 0.3) is 11.3 Å². The smallest absolute Gasteiger partial charge is 0.223 e. The quantitative estimate of drug-likeness (QED) is 0.541. The van der Waals surface area contributed by atoms with Crippen LogP contribution in [-0.2, 0) is 24.1 Å². The van der Waals surface area contributed by atoms with Gasteiger partial charge in [0.1, 0.15) is 5.82 Å². The lowest BCUT2D eigenvalue weighted by atomic mass is 9.87. The fraction of sp³-hybridized carbons (Fsp3) is 0.360. The van der Waals surface area contributed by atoms with Crippen molar-refractivity contribution in [2.75, 3.05) is 6.54 Å². The van der Waals surface area contributed by atoms with Crippen LogP contribution in [-0.4, -0.2) is 28.4 Å². The Hall–Kier alpha value is -2.95. The van der Waals surface area contributed by atoms with Crippen molar-refractivity contribution in [3.63, 3.8) is 0 Å². The van der Waals surface area contributed by atoms with E-state index in [1.54, 1.807) is 18.2 Å². The Labute approximate surface area is 176 Å². The van der Waals surface area contributed by atoms with E-state index in [-0.39, 0.29) is 17.8 Å². The minimum atomic E-state index is -0.344. The summed E-state index contributed by atoms with van der Waals surface area (Å²) in [7, 11) is 0. The molecule has 1 atom stereocenters. The number of aryl methyl sites for hydroxylation is 2. The van der Waals surface area contributed by atoms with Gasteiger partial charge in [0.05, 0.1) is 11.8 Å². The molecule has 0 saturated heterocycles. The molecule has 4 rings (SSSR count). The number of rotatable bonds is 7. The third-order valence-electron chi connectivity index (χ3n) is 5.79. The zero-order valence-electron chi connectivity index (χ0n) is 17.3. The number of nitrogens with zero attached hydrogens (tertiary/aromatic N) is 2. The van der Waals surface area contributed by atoms with E-state index in [1.165, 1.54) is 23.4 Å². The molecule has 30 heavy (non-hydrogen) atoms. The van der Waals surface area contributed by atoms with Crippen molar-refractivity contribution in [1.82, 2.24) is 9.88 Å². The molecule has 4 nitrogen and oxygen atoms in total. The molecule has 0 bridgehead atoms. The fourth-order valence-electron chi connectivity index (χ4n) is 4.27. The van der Waals surface area contributed by atoms with Crippen molar-refractivity contribution in [1.29, 1.82) is 0 Å². The van der Waals surface area contributed by atoms with E-state index in [2.05, 4.69) is 36.2 Å². The van der Waals surface area contributed by atoms with E-state index in [4.69, 9.17) is 4.42 Å². The number of hydrogen-bond acceptors (Lipinski definition) is 3. The van der Waals surface area contributed by atoms with Gasteiger partial charge in [-0.05, 0) is 48.9 Å². The minimum Gasteiger partial charge on any atom is -0.441 e. The molecule has 3 aromatic rings. The molecule has 1 amide bonds. The summed E-state index contributed by atoms with van der Waals surface area (Å²) < 4.78 is 19.7. The van der Waals surface area contributed by atoms with Gasteiger partial charge in [-0.3, -0.25) is 4.79 Å². The molecule has 1 aliphatic carbocycles. The molecule has 0 radical (unpaired) electrons. The van der Waals surface area contributed by atoms with E-state index in [1.807, 2.05) is 4.90 Å². The first-order valence-electron chi connectivity index (χ1n) is 10.7. The van der Waals surface area contributed by atoms with Gasteiger partial charge < -0.3 is 9.32 Å². The van der Waals surface area contributed by atoms with Gasteiger partial charge in [-0.15, -0.1) is 0 Å². The molecule has 0 N–H and O–H groups in total. The van der Waals surface area contributed by atoms with Crippen molar-refractivity contribution in [2.24, 2.45) is 0 Å². The number of hydrogen-bond donors (Lipinski definition) is 0. The van der Waals surface area contributed by atoms with Crippen molar-refractivity contribution in [2.45, 2.75) is 51.5 Å². The normalized spacial score (nSPS) is 15.6. The third-order valence-corrected chi connectivity index (χ3v) is 5.79. The highest BCUT2D eigenvalue weighted by atomic mass is 19.1. The number of oxazole rings is 1. The average molecular weight is 407 g/mol. The molecular weight excluding hydrogens is 379 g/mol. The summed E-state index contributed by atoms with van der Waals surface area (Å²) in [6.07, 6.45) is 6.14. The largest absolute Gasteiger partial charge is 0.441 e. The lowest BCUT2D eigenvalue weighted by Crippen LogP contribution is -2.44. The molecule has 1 aliphatic rings. The first-order valence-corrected chi connectivity index (χ1v) is 10.7. The summed E-state index contributed by atoms with van der Waals surface area (Å²) in [5, 5.41) is 0. The van der Waals surface area contributed by atoms with Crippen molar-refractivity contribution in [3.8, 4) is 11.3 Å². The zero-order valence-corrected chi connectivity index (χ0v) is 17.3. The van der Waals surface area contributed by atoms with Crippen molar-refractivity contribution < 1.29 is 13.6 Å². The molecule has 1 heterocycles. The Morgan fingerprint density at radius 3 is 2.73 bits per heavy atom. The second-order valence-corrected chi connectivity index (χ2v) is 7.85. The van der Waals surface area contributed by atoms with Gasteiger partial charge in [0, 0.05) is 25.4 Å². The molecule has 0 spiro atoms. The maximum Gasteiger partial charge on any atom is 0.223 e. The number of halogens is 1. The number of benzene rings is 2. The fourth-order valence-corrected chi connectivity index (χ4v) is 4.27. The minimum absolute atomic E-state index is 0.131. The molecule has 5 heteroatoms. The van der Waals surface area contributed by atoms with Crippen LogP contribution in [0.1, 0.15) is 43.2 Å². The van der Waals surface area contributed by atoms with E-state index < -0.39 is 0 Å². The SMILES string of the molecule is CCCN(C(=O)CCc1ncc(-c2ccccc2F)o1)C1CCc2ccccc2C1. The third kappa shape index (κ3) is 4.45. The number of amides is 1. The molecule has 1 unspecified atom stereocenters.